The average molecular weight is 330 g/mol. The average Bonchev–Trinajstić information content (AvgIpc) is 2.45. The second-order valence-electron chi connectivity index (χ2n) is 6.62. The Hall–Kier alpha value is -2.07. The summed E-state index contributed by atoms with van der Waals surface area (Å²) in [7, 11) is 0. The van der Waals surface area contributed by atoms with E-state index >= 15 is 0 Å². The van der Waals surface area contributed by atoms with E-state index in [1.165, 1.54) is 11.3 Å². The van der Waals surface area contributed by atoms with E-state index < -0.39 is 5.97 Å². The van der Waals surface area contributed by atoms with Gasteiger partial charge in [-0.25, -0.2) is 4.98 Å². The fraction of sp³-hybridized carbons (Fsp3) is 0.333. The zero-order chi connectivity index (χ0) is 16.1. The molecular formula is C18H18ClN2O2+. The van der Waals surface area contributed by atoms with Gasteiger partial charge >= 0.3 is 5.97 Å². The van der Waals surface area contributed by atoms with E-state index in [-0.39, 0.29) is 6.42 Å². The number of aromatic amines is 1. The molecule has 0 spiro atoms. The largest absolute Gasteiger partial charge is 0.481 e. The van der Waals surface area contributed by atoms with Gasteiger partial charge in [-0.05, 0) is 36.8 Å². The Labute approximate surface area is 139 Å². The molecule has 0 saturated carbocycles. The van der Waals surface area contributed by atoms with E-state index in [0.29, 0.717) is 16.9 Å². The van der Waals surface area contributed by atoms with Crippen LogP contribution in [0.1, 0.15) is 36.4 Å². The first-order valence-corrected chi connectivity index (χ1v) is 8.23. The first-order valence-electron chi connectivity index (χ1n) is 7.85. The third-order valence-corrected chi connectivity index (χ3v) is 5.23. The number of carboxylic acid groups (broad SMARTS) is 1. The zero-order valence-electron chi connectivity index (χ0n) is 12.6. The molecule has 1 aromatic carbocycles. The maximum Gasteiger partial charge on any atom is 0.307 e. The highest BCUT2D eigenvalue weighted by Gasteiger charge is 2.36. The van der Waals surface area contributed by atoms with Crippen LogP contribution in [0.3, 0.4) is 0 Å². The number of allylic oxidation sites excluding steroid dienone is 1. The van der Waals surface area contributed by atoms with Crippen LogP contribution in [-0.2, 0) is 11.2 Å². The van der Waals surface area contributed by atoms with Crippen LogP contribution in [0, 0.1) is 5.92 Å². The van der Waals surface area contributed by atoms with Crippen molar-refractivity contribution in [2.45, 2.75) is 31.6 Å². The van der Waals surface area contributed by atoms with Crippen molar-refractivity contribution >= 4 is 34.2 Å². The Morgan fingerprint density at radius 2 is 2.22 bits per heavy atom. The number of nitrogens with one attached hydrogen (secondary N) is 1. The maximum absolute atomic E-state index is 11.0. The molecule has 2 unspecified atom stereocenters. The summed E-state index contributed by atoms with van der Waals surface area (Å²) in [5, 5.41) is 10.7. The fourth-order valence-corrected chi connectivity index (χ4v) is 4.38. The lowest BCUT2D eigenvalue weighted by Gasteiger charge is -2.33. The third kappa shape index (κ3) is 2.47. The lowest BCUT2D eigenvalue weighted by molar-refractivity contribution is -0.360. The number of hydrogen-bond donors (Lipinski definition) is 2. The van der Waals surface area contributed by atoms with Gasteiger partial charge < -0.3 is 10.8 Å². The number of halogens is 1. The van der Waals surface area contributed by atoms with E-state index in [9.17, 15) is 4.79 Å². The highest BCUT2D eigenvalue weighted by atomic mass is 35.5. The van der Waals surface area contributed by atoms with Crippen molar-refractivity contribution in [1.29, 1.82) is 0 Å². The molecule has 0 saturated heterocycles. The Kier molecular flexibility index (Phi) is 3.31. The van der Waals surface area contributed by atoms with Gasteiger partial charge in [0.1, 0.15) is 0 Å². The van der Waals surface area contributed by atoms with Crippen molar-refractivity contribution in [3.63, 3.8) is 0 Å². The molecule has 2 atom stereocenters. The molecule has 2 aliphatic carbocycles. The van der Waals surface area contributed by atoms with Crippen LogP contribution in [0.25, 0.3) is 10.9 Å². The Morgan fingerprint density at radius 1 is 1.39 bits per heavy atom. The van der Waals surface area contributed by atoms with Crippen molar-refractivity contribution in [3.8, 4) is 0 Å². The summed E-state index contributed by atoms with van der Waals surface area (Å²) in [4.78, 5) is 14.5. The predicted octanol–water partition coefficient (Wildman–Crippen LogP) is 3.34. The molecule has 0 fully saturated rings. The predicted molar refractivity (Wildman–Crippen MR) is 89.4 cm³/mol. The minimum absolute atomic E-state index is 0.134. The number of pyridine rings is 1. The van der Waals surface area contributed by atoms with Gasteiger partial charge in [-0.15, -0.1) is 0 Å². The number of nitrogens with two attached hydrogens (primary N) is 1. The van der Waals surface area contributed by atoms with Gasteiger partial charge in [-0.3, -0.25) is 4.79 Å². The van der Waals surface area contributed by atoms with Gasteiger partial charge in [0.15, 0.2) is 5.69 Å². The summed E-state index contributed by atoms with van der Waals surface area (Å²) in [6, 6.07) is 5.71. The van der Waals surface area contributed by atoms with Crippen LogP contribution >= 0.6 is 11.6 Å². The molecule has 2 aromatic rings. The number of benzene rings is 1. The van der Waals surface area contributed by atoms with Crippen LogP contribution in [-0.4, -0.2) is 11.1 Å². The number of carbonyl (C=O) groups is 1. The summed E-state index contributed by atoms with van der Waals surface area (Å²) >= 11 is 6.09. The molecule has 0 aliphatic heterocycles. The molecule has 4 rings (SSSR count). The molecule has 0 amide bonds. The van der Waals surface area contributed by atoms with Gasteiger partial charge in [0.2, 0.25) is 5.52 Å². The number of carboxylic acids is 1. The first-order chi connectivity index (χ1) is 11.0. The fourth-order valence-electron chi connectivity index (χ4n) is 4.20. The standard InChI is InChI=1S/C18H17ClN2O2/c19-12-1-2-13-14(8-12)21-15-6-9-3-10(7-16(22)23)5-11(4-9)17(15)18(13)20/h1-3,8-9,11H,4-7H2,(H2,20,21)(H,22,23)/p+1. The molecule has 1 aromatic heterocycles. The van der Waals surface area contributed by atoms with Crippen LogP contribution in [0.2, 0.25) is 5.02 Å². The van der Waals surface area contributed by atoms with E-state index in [2.05, 4.69) is 11.1 Å². The molecule has 23 heavy (non-hydrogen) atoms. The van der Waals surface area contributed by atoms with Crippen molar-refractivity contribution in [2.75, 3.05) is 5.73 Å². The molecule has 1 heterocycles. The third-order valence-electron chi connectivity index (χ3n) is 4.99. The van der Waals surface area contributed by atoms with Gasteiger partial charge in [0.25, 0.3) is 0 Å². The van der Waals surface area contributed by atoms with Gasteiger partial charge in [-0.2, -0.15) is 0 Å². The molecule has 4 nitrogen and oxygen atoms in total. The number of anilines is 1. The monoisotopic (exact) mass is 329 g/mol. The van der Waals surface area contributed by atoms with E-state index in [1.807, 2.05) is 18.2 Å². The molecular weight excluding hydrogens is 312 g/mol. The van der Waals surface area contributed by atoms with Gasteiger partial charge in [0.05, 0.1) is 17.5 Å². The maximum atomic E-state index is 11.0. The second-order valence-corrected chi connectivity index (χ2v) is 7.05. The van der Waals surface area contributed by atoms with E-state index in [1.54, 1.807) is 0 Å². The van der Waals surface area contributed by atoms with Gasteiger partial charge in [-0.1, -0.05) is 23.3 Å². The molecule has 5 heteroatoms. The minimum atomic E-state index is -0.760. The summed E-state index contributed by atoms with van der Waals surface area (Å²) in [6.45, 7) is 0. The second kappa shape index (κ2) is 5.24. The van der Waals surface area contributed by atoms with Crippen molar-refractivity contribution in [2.24, 2.45) is 5.92 Å². The highest BCUT2D eigenvalue weighted by Crippen LogP contribution is 2.46. The lowest BCUT2D eigenvalue weighted by atomic mass is 9.70. The quantitative estimate of drug-likeness (QED) is 0.829. The van der Waals surface area contributed by atoms with Gasteiger partial charge in [0, 0.05) is 23.1 Å². The summed E-state index contributed by atoms with van der Waals surface area (Å²) in [6.07, 6.45) is 5.00. The van der Waals surface area contributed by atoms with Crippen LogP contribution in [0.5, 0.6) is 0 Å². The molecule has 4 N–H and O–H groups in total. The topological polar surface area (TPSA) is 77.5 Å². The number of aromatic nitrogens is 1. The number of fused-ring (bicyclic) bond motifs is 5. The molecule has 0 radical (unpaired) electrons. The Bertz CT molecular complexity index is 860. The van der Waals surface area contributed by atoms with Crippen molar-refractivity contribution in [3.05, 3.63) is 46.1 Å². The number of hydrogen-bond acceptors (Lipinski definition) is 2. The normalized spacial score (nSPS) is 22.6. The number of rotatable bonds is 2. The lowest BCUT2D eigenvalue weighted by Crippen LogP contribution is -2.30. The van der Waals surface area contributed by atoms with Crippen molar-refractivity contribution < 1.29 is 14.9 Å². The minimum Gasteiger partial charge on any atom is -0.481 e. The van der Waals surface area contributed by atoms with Crippen LogP contribution < -0.4 is 10.7 Å². The van der Waals surface area contributed by atoms with Crippen LogP contribution in [0.4, 0.5) is 5.69 Å². The molecule has 2 bridgehead atoms. The zero-order valence-corrected chi connectivity index (χ0v) is 13.4. The van der Waals surface area contributed by atoms with Crippen molar-refractivity contribution in [1.82, 2.24) is 0 Å². The Morgan fingerprint density at radius 3 is 3.00 bits per heavy atom. The number of H-pyrrole nitrogens is 1. The number of nitrogen functional groups attached to an aromatic ring is 1. The first kappa shape index (κ1) is 14.5. The molecule has 118 valence electrons. The molecule has 2 aliphatic rings. The smallest absolute Gasteiger partial charge is 0.307 e. The van der Waals surface area contributed by atoms with Crippen LogP contribution in [0.15, 0.2) is 29.8 Å². The summed E-state index contributed by atoms with van der Waals surface area (Å²) in [5.41, 5.74) is 11.6. The summed E-state index contributed by atoms with van der Waals surface area (Å²) in [5.74, 6) is -0.0635. The summed E-state index contributed by atoms with van der Waals surface area (Å²) < 4.78 is 0. The number of aliphatic carboxylic acids is 1. The van der Waals surface area contributed by atoms with E-state index in [4.69, 9.17) is 22.4 Å². The van der Waals surface area contributed by atoms with E-state index in [0.717, 1.165) is 41.4 Å². The SMILES string of the molecule is Nc1c2c([nH+]c3cc(Cl)ccc13)CC1C=C(CC(=O)O)CC2C1. The highest BCUT2D eigenvalue weighted by molar-refractivity contribution is 6.31. The Balaban J connectivity index is 1.82.